The number of benzene rings is 2. The molecule has 0 aromatic heterocycles. The Morgan fingerprint density at radius 2 is 1.79 bits per heavy atom. The largest absolute Gasteiger partial charge is 0.243 e. The van der Waals surface area contributed by atoms with Crippen molar-refractivity contribution >= 4 is 16.1 Å². The molecule has 5 heteroatoms. The summed E-state index contributed by atoms with van der Waals surface area (Å²) in [6.45, 7) is 4.90. The average Bonchev–Trinajstić information content (AvgIpc) is 2.85. The van der Waals surface area contributed by atoms with Crippen LogP contribution < -0.4 is 0 Å². The Hall–Kier alpha value is -2.42. The van der Waals surface area contributed by atoms with Gasteiger partial charge in [-0.05, 0) is 54.5 Å². The molecule has 146 valence electrons. The molecule has 2 aromatic carbocycles. The van der Waals surface area contributed by atoms with Crippen LogP contribution in [0, 0.1) is 16.7 Å². The molecule has 2 aromatic rings. The minimum atomic E-state index is -3.64. The van der Waals surface area contributed by atoms with Gasteiger partial charge in [-0.2, -0.15) is 9.57 Å². The molecule has 4 nitrogen and oxygen atoms in total. The summed E-state index contributed by atoms with van der Waals surface area (Å²) in [6, 6.07) is 17.9. The second-order valence-corrected chi connectivity index (χ2v) is 9.95. The number of nitriles is 1. The normalized spacial score (nSPS) is 20.5. The van der Waals surface area contributed by atoms with E-state index in [4.69, 9.17) is 5.26 Å². The molecule has 1 aliphatic rings. The lowest BCUT2D eigenvalue weighted by Crippen LogP contribution is -2.39. The highest BCUT2D eigenvalue weighted by Gasteiger charge is 2.36. The summed E-state index contributed by atoms with van der Waals surface area (Å²) in [5, 5.41) is 8.98. The molecular weight excluding hydrogens is 368 g/mol. The first kappa shape index (κ1) is 20.3. The zero-order chi connectivity index (χ0) is 20.2. The van der Waals surface area contributed by atoms with Gasteiger partial charge in [-0.15, -0.1) is 0 Å². The third kappa shape index (κ3) is 4.70. The van der Waals surface area contributed by atoms with Gasteiger partial charge in [0.25, 0.3) is 0 Å². The van der Waals surface area contributed by atoms with Crippen molar-refractivity contribution in [3.05, 3.63) is 71.8 Å². The van der Waals surface area contributed by atoms with Gasteiger partial charge >= 0.3 is 0 Å². The van der Waals surface area contributed by atoms with Crippen LogP contribution in [0.25, 0.3) is 6.08 Å². The van der Waals surface area contributed by atoms with Crippen molar-refractivity contribution in [1.82, 2.24) is 4.31 Å². The molecule has 0 spiro atoms. The van der Waals surface area contributed by atoms with Gasteiger partial charge in [-0.3, -0.25) is 0 Å². The van der Waals surface area contributed by atoms with Crippen LogP contribution in [-0.4, -0.2) is 25.3 Å². The highest BCUT2D eigenvalue weighted by atomic mass is 32.2. The van der Waals surface area contributed by atoms with Gasteiger partial charge in [-0.25, -0.2) is 8.42 Å². The van der Waals surface area contributed by atoms with Gasteiger partial charge < -0.3 is 0 Å². The number of hydrogen-bond acceptors (Lipinski definition) is 3. The topological polar surface area (TPSA) is 61.2 Å². The lowest BCUT2D eigenvalue weighted by atomic mass is 9.83. The van der Waals surface area contributed by atoms with Crippen molar-refractivity contribution in [3.8, 4) is 6.07 Å². The lowest BCUT2D eigenvalue weighted by molar-refractivity contribution is 0.282. The predicted molar refractivity (Wildman–Crippen MR) is 112 cm³/mol. The fourth-order valence-electron chi connectivity index (χ4n) is 3.73. The number of hydrogen-bond donors (Lipinski definition) is 0. The zero-order valence-corrected chi connectivity index (χ0v) is 17.2. The Labute approximate surface area is 168 Å². The zero-order valence-electron chi connectivity index (χ0n) is 16.4. The molecule has 1 unspecified atom stereocenters. The van der Waals surface area contributed by atoms with Gasteiger partial charge in [0, 0.05) is 12.6 Å². The quantitative estimate of drug-likeness (QED) is 0.745. The van der Waals surface area contributed by atoms with Crippen LogP contribution in [0.2, 0.25) is 0 Å². The van der Waals surface area contributed by atoms with Gasteiger partial charge in [-0.1, -0.05) is 56.3 Å². The first-order valence-electron chi connectivity index (χ1n) is 9.57. The monoisotopic (exact) mass is 394 g/mol. The Kier molecular flexibility index (Phi) is 6.02. The third-order valence-corrected chi connectivity index (χ3v) is 7.20. The molecule has 0 amide bonds. The van der Waals surface area contributed by atoms with Crippen LogP contribution in [0.3, 0.4) is 0 Å². The van der Waals surface area contributed by atoms with Crippen molar-refractivity contribution < 1.29 is 8.42 Å². The highest BCUT2D eigenvalue weighted by molar-refractivity contribution is 7.89. The van der Waals surface area contributed by atoms with Gasteiger partial charge in [0.2, 0.25) is 10.0 Å². The summed E-state index contributed by atoms with van der Waals surface area (Å²) < 4.78 is 28.4. The second kappa shape index (κ2) is 8.30. The average molecular weight is 395 g/mol. The third-order valence-electron chi connectivity index (χ3n) is 5.26. The van der Waals surface area contributed by atoms with Crippen LogP contribution in [0.1, 0.15) is 44.2 Å². The number of sulfonamides is 1. The summed E-state index contributed by atoms with van der Waals surface area (Å²) in [4.78, 5) is 0.240. The highest BCUT2D eigenvalue weighted by Crippen LogP contribution is 2.36. The smallest absolute Gasteiger partial charge is 0.207 e. The molecule has 0 saturated carbocycles. The Morgan fingerprint density at radius 1 is 1.11 bits per heavy atom. The van der Waals surface area contributed by atoms with Crippen LogP contribution in [0.5, 0.6) is 0 Å². The van der Waals surface area contributed by atoms with E-state index in [9.17, 15) is 8.42 Å². The van der Waals surface area contributed by atoms with Crippen molar-refractivity contribution in [1.29, 1.82) is 5.26 Å². The molecule has 3 rings (SSSR count). The number of rotatable bonds is 4. The van der Waals surface area contributed by atoms with E-state index in [-0.39, 0.29) is 16.4 Å². The SMILES string of the molecule is CC1(C)CCCN(S(=O)(=O)c2ccc(C#N)cc2)C(/C=C/c2ccccc2)C1. The molecule has 1 atom stereocenters. The van der Waals surface area contributed by atoms with E-state index >= 15 is 0 Å². The molecule has 28 heavy (non-hydrogen) atoms. The molecule has 0 aliphatic carbocycles. The molecule has 0 bridgehead atoms. The van der Waals surface area contributed by atoms with Crippen LogP contribution >= 0.6 is 0 Å². The van der Waals surface area contributed by atoms with Gasteiger partial charge in [0.1, 0.15) is 0 Å². The maximum Gasteiger partial charge on any atom is 0.243 e. The van der Waals surface area contributed by atoms with E-state index in [1.807, 2.05) is 48.6 Å². The van der Waals surface area contributed by atoms with E-state index in [2.05, 4.69) is 13.8 Å². The molecule has 0 radical (unpaired) electrons. The van der Waals surface area contributed by atoms with Crippen molar-refractivity contribution in [2.45, 2.75) is 44.0 Å². The fraction of sp³-hybridized carbons (Fsp3) is 0.348. The van der Waals surface area contributed by atoms with Crippen LogP contribution in [0.15, 0.2) is 65.6 Å². The molecule has 1 aliphatic heterocycles. The van der Waals surface area contributed by atoms with E-state index in [1.165, 1.54) is 12.1 Å². The fourth-order valence-corrected chi connectivity index (χ4v) is 5.36. The summed E-state index contributed by atoms with van der Waals surface area (Å²) in [5.41, 5.74) is 1.58. The predicted octanol–water partition coefficient (Wildman–Crippen LogP) is 4.84. The van der Waals surface area contributed by atoms with E-state index in [0.29, 0.717) is 12.1 Å². The van der Waals surface area contributed by atoms with E-state index in [1.54, 1.807) is 16.4 Å². The number of nitrogens with zero attached hydrogens (tertiary/aromatic N) is 2. The van der Waals surface area contributed by atoms with E-state index < -0.39 is 10.0 Å². The molecule has 1 fully saturated rings. The maximum absolute atomic E-state index is 13.4. The molecule has 1 heterocycles. The second-order valence-electron chi connectivity index (χ2n) is 8.06. The Bertz CT molecular complexity index is 972. The Morgan fingerprint density at radius 3 is 2.43 bits per heavy atom. The first-order chi connectivity index (χ1) is 13.3. The van der Waals surface area contributed by atoms with Gasteiger partial charge in [0.15, 0.2) is 0 Å². The Balaban J connectivity index is 1.96. The first-order valence-corrected chi connectivity index (χ1v) is 11.0. The van der Waals surface area contributed by atoms with Crippen molar-refractivity contribution in [3.63, 3.8) is 0 Å². The van der Waals surface area contributed by atoms with Gasteiger partial charge in [0.05, 0.1) is 16.5 Å². The van der Waals surface area contributed by atoms with E-state index in [0.717, 1.165) is 24.8 Å². The minimum Gasteiger partial charge on any atom is -0.207 e. The van der Waals surface area contributed by atoms with Crippen LogP contribution in [-0.2, 0) is 10.0 Å². The summed E-state index contributed by atoms with van der Waals surface area (Å²) >= 11 is 0. The lowest BCUT2D eigenvalue weighted by Gasteiger charge is -2.30. The van der Waals surface area contributed by atoms with Crippen molar-refractivity contribution in [2.24, 2.45) is 5.41 Å². The molecule has 0 N–H and O–H groups in total. The summed E-state index contributed by atoms with van der Waals surface area (Å²) in [6.07, 6.45) is 6.61. The van der Waals surface area contributed by atoms with Crippen molar-refractivity contribution in [2.75, 3.05) is 6.54 Å². The maximum atomic E-state index is 13.4. The summed E-state index contributed by atoms with van der Waals surface area (Å²) in [7, 11) is -3.64. The minimum absolute atomic E-state index is 0.0701. The summed E-state index contributed by atoms with van der Waals surface area (Å²) in [5.74, 6) is 0. The van der Waals surface area contributed by atoms with Crippen LogP contribution in [0.4, 0.5) is 0 Å². The molecule has 1 saturated heterocycles. The standard InChI is InChI=1S/C23H26N2O2S/c1-23(2)15-6-16-25(21(17-23)12-9-19-7-4-3-5-8-19)28(26,27)22-13-10-20(18-24)11-14-22/h3-5,7-14,21H,6,15-17H2,1-2H3/b12-9+. The molecular formula is C23H26N2O2S.